The number of halogens is 1. The Morgan fingerprint density at radius 3 is 3.19 bits per heavy atom. The van der Waals surface area contributed by atoms with Crippen molar-refractivity contribution in [3.05, 3.63) is 65.9 Å². The van der Waals surface area contributed by atoms with Gasteiger partial charge < -0.3 is 19.8 Å². The molecular formula is C24H27FN4O3. The Bertz CT molecular complexity index is 1090. The van der Waals surface area contributed by atoms with E-state index >= 15 is 0 Å². The maximum atomic E-state index is 13.8. The summed E-state index contributed by atoms with van der Waals surface area (Å²) in [5.41, 5.74) is 2.15. The molecule has 2 fully saturated rings. The molecule has 2 aliphatic rings. The van der Waals surface area contributed by atoms with E-state index in [-0.39, 0.29) is 17.8 Å². The Hall–Kier alpha value is -2.81. The number of nitrogens with zero attached hydrogens (tertiary/aromatic N) is 2. The van der Waals surface area contributed by atoms with Crippen LogP contribution in [-0.4, -0.2) is 65.3 Å². The summed E-state index contributed by atoms with van der Waals surface area (Å²) in [5, 5.41) is 3.86. The molecule has 4 heterocycles. The van der Waals surface area contributed by atoms with E-state index in [1.54, 1.807) is 36.7 Å². The Morgan fingerprint density at radius 1 is 1.38 bits per heavy atom. The minimum atomic E-state index is -0.391. The van der Waals surface area contributed by atoms with Gasteiger partial charge in [0.25, 0.3) is 5.91 Å². The number of pyridine rings is 1. The third-order valence-electron chi connectivity index (χ3n) is 6.30. The molecule has 2 saturated heterocycles. The Balaban J connectivity index is 1.22. The first-order chi connectivity index (χ1) is 15.6. The van der Waals surface area contributed by atoms with Crippen LogP contribution in [0.25, 0.3) is 10.9 Å². The number of H-pyrrole nitrogens is 1. The first-order valence-electron chi connectivity index (χ1n) is 11.0. The molecule has 32 heavy (non-hydrogen) atoms. The second kappa shape index (κ2) is 8.97. The van der Waals surface area contributed by atoms with Crippen molar-refractivity contribution in [2.45, 2.75) is 31.1 Å². The topological polar surface area (TPSA) is 79.5 Å². The van der Waals surface area contributed by atoms with E-state index in [9.17, 15) is 9.18 Å². The van der Waals surface area contributed by atoms with Gasteiger partial charge in [-0.25, -0.2) is 4.39 Å². The summed E-state index contributed by atoms with van der Waals surface area (Å²) in [7, 11) is 0. The highest BCUT2D eigenvalue weighted by Gasteiger charge is 2.43. The summed E-state index contributed by atoms with van der Waals surface area (Å²) in [6.07, 6.45) is 6.84. The predicted octanol–water partition coefficient (Wildman–Crippen LogP) is 2.88. The van der Waals surface area contributed by atoms with Crippen molar-refractivity contribution < 1.29 is 18.7 Å². The minimum absolute atomic E-state index is 0.0543. The number of benzene rings is 1. The number of carbonyl (C=O) groups excluding carboxylic acids is 1. The maximum Gasteiger partial charge on any atom is 0.252 e. The largest absolute Gasteiger partial charge is 0.377 e. The molecule has 2 aliphatic heterocycles. The molecule has 5 rings (SSSR count). The monoisotopic (exact) mass is 438 g/mol. The van der Waals surface area contributed by atoms with Crippen LogP contribution < -0.4 is 5.32 Å². The van der Waals surface area contributed by atoms with E-state index in [2.05, 4.69) is 20.2 Å². The van der Waals surface area contributed by atoms with Crippen LogP contribution >= 0.6 is 0 Å². The van der Waals surface area contributed by atoms with Gasteiger partial charge in [-0.05, 0) is 48.7 Å². The van der Waals surface area contributed by atoms with Gasteiger partial charge in [0.2, 0.25) is 0 Å². The van der Waals surface area contributed by atoms with Gasteiger partial charge in [0, 0.05) is 55.7 Å². The molecule has 3 aromatic rings. The summed E-state index contributed by atoms with van der Waals surface area (Å²) in [6, 6.07) is 8.31. The van der Waals surface area contributed by atoms with Crippen LogP contribution in [0.5, 0.6) is 0 Å². The number of aromatic amines is 1. The molecular weight excluding hydrogens is 411 g/mol. The summed E-state index contributed by atoms with van der Waals surface area (Å²) in [6.45, 7) is 3.85. The zero-order valence-electron chi connectivity index (χ0n) is 17.9. The van der Waals surface area contributed by atoms with Crippen molar-refractivity contribution in [3.63, 3.8) is 0 Å². The van der Waals surface area contributed by atoms with Crippen LogP contribution in [0.2, 0.25) is 0 Å². The van der Waals surface area contributed by atoms with Gasteiger partial charge in [-0.1, -0.05) is 0 Å². The van der Waals surface area contributed by atoms with E-state index in [0.717, 1.165) is 42.4 Å². The van der Waals surface area contributed by atoms with E-state index < -0.39 is 5.60 Å². The first kappa shape index (κ1) is 21.1. The number of fused-ring (bicyclic) bond motifs is 1. The molecule has 1 amide bonds. The summed E-state index contributed by atoms with van der Waals surface area (Å²) >= 11 is 0. The number of nitrogens with one attached hydrogen (secondary N) is 2. The molecule has 7 nitrogen and oxygen atoms in total. The van der Waals surface area contributed by atoms with E-state index in [1.807, 2.05) is 6.20 Å². The predicted molar refractivity (Wildman–Crippen MR) is 118 cm³/mol. The second-order valence-electron chi connectivity index (χ2n) is 8.68. The van der Waals surface area contributed by atoms with Crippen LogP contribution in [0.15, 0.2) is 48.9 Å². The smallest absolute Gasteiger partial charge is 0.252 e. The second-order valence-corrected chi connectivity index (χ2v) is 8.68. The number of aromatic nitrogens is 2. The lowest BCUT2D eigenvalue weighted by molar-refractivity contribution is -0.0849. The van der Waals surface area contributed by atoms with Gasteiger partial charge in [-0.15, -0.1) is 0 Å². The molecule has 168 valence electrons. The number of ether oxygens (including phenoxy) is 2. The number of rotatable bonds is 5. The van der Waals surface area contributed by atoms with Gasteiger partial charge in [0.05, 0.1) is 24.9 Å². The highest BCUT2D eigenvalue weighted by atomic mass is 19.1. The zero-order chi connectivity index (χ0) is 22.0. The standard InChI is InChI=1S/C24H27FN4O3/c25-19-3-4-22-21(10-19)18(12-27-22)14-29-8-9-31-16-24(15-29)6-5-20(32-24)13-28-23(30)17-2-1-7-26-11-17/h1-4,7,10-12,20,27H,5-6,8-9,13-16H2,(H,28,30)/t20-,24-/m0/s1. The third kappa shape index (κ3) is 4.53. The molecule has 0 radical (unpaired) electrons. The molecule has 2 atom stereocenters. The van der Waals surface area contributed by atoms with Crippen LogP contribution in [0.4, 0.5) is 4.39 Å². The van der Waals surface area contributed by atoms with Crippen molar-refractivity contribution in [2.75, 3.05) is 32.8 Å². The minimum Gasteiger partial charge on any atom is -0.377 e. The van der Waals surface area contributed by atoms with Gasteiger partial charge in [0.15, 0.2) is 0 Å². The first-order valence-corrected chi connectivity index (χ1v) is 11.0. The Kier molecular flexibility index (Phi) is 5.91. The molecule has 0 unspecified atom stereocenters. The van der Waals surface area contributed by atoms with Crippen molar-refractivity contribution in [2.24, 2.45) is 0 Å². The number of amides is 1. The zero-order valence-corrected chi connectivity index (χ0v) is 17.9. The van der Waals surface area contributed by atoms with Gasteiger partial charge >= 0.3 is 0 Å². The lowest BCUT2D eigenvalue weighted by Crippen LogP contribution is -2.45. The fourth-order valence-electron chi connectivity index (χ4n) is 4.71. The molecule has 0 aliphatic carbocycles. The van der Waals surface area contributed by atoms with Gasteiger partial charge in [-0.2, -0.15) is 0 Å². The quantitative estimate of drug-likeness (QED) is 0.641. The Morgan fingerprint density at radius 2 is 2.31 bits per heavy atom. The molecule has 0 saturated carbocycles. The van der Waals surface area contributed by atoms with E-state index in [0.29, 0.717) is 31.9 Å². The molecule has 0 bridgehead atoms. The molecule has 1 aromatic carbocycles. The molecule has 2 N–H and O–H groups in total. The molecule has 2 aromatic heterocycles. The Labute approximate surface area is 185 Å². The van der Waals surface area contributed by atoms with Crippen LogP contribution in [0, 0.1) is 5.82 Å². The van der Waals surface area contributed by atoms with E-state index in [4.69, 9.17) is 9.47 Å². The fraction of sp³-hybridized carbons (Fsp3) is 0.417. The number of carbonyl (C=O) groups is 1. The van der Waals surface area contributed by atoms with Crippen molar-refractivity contribution in [3.8, 4) is 0 Å². The lowest BCUT2D eigenvalue weighted by atomic mass is 9.99. The summed E-state index contributed by atoms with van der Waals surface area (Å²) < 4.78 is 26.1. The van der Waals surface area contributed by atoms with E-state index in [1.165, 1.54) is 6.07 Å². The summed E-state index contributed by atoms with van der Waals surface area (Å²) in [5.74, 6) is -0.378. The summed E-state index contributed by atoms with van der Waals surface area (Å²) in [4.78, 5) is 21.9. The maximum absolute atomic E-state index is 13.8. The van der Waals surface area contributed by atoms with Crippen molar-refractivity contribution >= 4 is 16.8 Å². The fourth-order valence-corrected chi connectivity index (χ4v) is 4.71. The average molecular weight is 439 g/mol. The van der Waals surface area contributed by atoms with Crippen molar-refractivity contribution in [1.29, 1.82) is 0 Å². The normalized spacial score (nSPS) is 24.1. The SMILES string of the molecule is O=C(NC[C@@H]1CC[C@]2(COCCN(Cc3c[nH]c4ccc(F)cc34)C2)O1)c1cccnc1. The van der Waals surface area contributed by atoms with Gasteiger partial charge in [0.1, 0.15) is 11.4 Å². The lowest BCUT2D eigenvalue weighted by Gasteiger charge is -2.32. The molecule has 8 heteroatoms. The third-order valence-corrected chi connectivity index (χ3v) is 6.30. The van der Waals surface area contributed by atoms with Crippen LogP contribution in [-0.2, 0) is 16.0 Å². The molecule has 1 spiro atoms. The van der Waals surface area contributed by atoms with Crippen molar-refractivity contribution in [1.82, 2.24) is 20.2 Å². The average Bonchev–Trinajstić information content (AvgIpc) is 3.33. The number of hydrogen-bond donors (Lipinski definition) is 2. The highest BCUT2D eigenvalue weighted by molar-refractivity contribution is 5.93. The van der Waals surface area contributed by atoms with Crippen LogP contribution in [0.1, 0.15) is 28.8 Å². The van der Waals surface area contributed by atoms with Crippen LogP contribution in [0.3, 0.4) is 0 Å². The highest BCUT2D eigenvalue weighted by Crippen LogP contribution is 2.33. The van der Waals surface area contributed by atoms with Gasteiger partial charge in [-0.3, -0.25) is 14.7 Å². The number of hydrogen-bond acceptors (Lipinski definition) is 5.